The summed E-state index contributed by atoms with van der Waals surface area (Å²) in [5.74, 6) is 0.102. The summed E-state index contributed by atoms with van der Waals surface area (Å²) in [6, 6.07) is 35.4. The lowest BCUT2D eigenvalue weighted by atomic mass is 10.1. The van der Waals surface area contributed by atoms with Crippen molar-refractivity contribution >= 4 is 55.1 Å². The van der Waals surface area contributed by atoms with Crippen molar-refractivity contribution in [3.8, 4) is 11.8 Å². The molecule has 36 heavy (non-hydrogen) atoms. The van der Waals surface area contributed by atoms with Gasteiger partial charge in [0.15, 0.2) is 0 Å². The maximum absolute atomic E-state index is 13.0. The first-order chi connectivity index (χ1) is 17.6. The van der Waals surface area contributed by atoms with Crippen LogP contribution in [0.1, 0.15) is 11.1 Å². The number of halogens is 1. The highest BCUT2D eigenvalue weighted by Crippen LogP contribution is 2.28. The molecule has 0 atom stereocenters. The van der Waals surface area contributed by atoms with E-state index in [1.807, 2.05) is 91.0 Å². The van der Waals surface area contributed by atoms with Crippen LogP contribution in [-0.4, -0.2) is 5.91 Å². The van der Waals surface area contributed by atoms with Crippen LogP contribution in [0.3, 0.4) is 0 Å². The maximum Gasteiger partial charge on any atom is 0.266 e. The molecule has 4 nitrogen and oxygen atoms in total. The lowest BCUT2D eigenvalue weighted by Gasteiger charge is -2.12. The molecule has 174 valence electrons. The van der Waals surface area contributed by atoms with Gasteiger partial charge < -0.3 is 10.1 Å². The van der Waals surface area contributed by atoms with Crippen LogP contribution in [0, 0.1) is 11.3 Å². The molecule has 0 saturated heterocycles. The van der Waals surface area contributed by atoms with Gasteiger partial charge in [-0.3, -0.25) is 4.79 Å². The molecule has 0 saturated carbocycles. The van der Waals surface area contributed by atoms with Crippen molar-refractivity contribution in [3.05, 3.63) is 124 Å². The molecule has 0 bridgehead atoms. The predicted molar refractivity (Wildman–Crippen MR) is 149 cm³/mol. The summed E-state index contributed by atoms with van der Waals surface area (Å²) in [6.45, 7) is 0.356. The minimum absolute atomic E-state index is 0.0173. The van der Waals surface area contributed by atoms with E-state index in [4.69, 9.17) is 4.74 Å². The van der Waals surface area contributed by atoms with Gasteiger partial charge in [0.1, 0.15) is 24.0 Å². The molecule has 0 aliphatic heterocycles. The van der Waals surface area contributed by atoms with Crippen molar-refractivity contribution in [1.82, 2.24) is 0 Å². The second-order valence-corrected chi connectivity index (χ2v) is 9.21. The molecule has 0 radical (unpaired) electrons. The highest BCUT2D eigenvalue weighted by molar-refractivity contribution is 9.10. The number of nitrogens with one attached hydrogen (secondary N) is 1. The van der Waals surface area contributed by atoms with E-state index in [0.29, 0.717) is 23.6 Å². The topological polar surface area (TPSA) is 62.1 Å². The smallest absolute Gasteiger partial charge is 0.266 e. The summed E-state index contributed by atoms with van der Waals surface area (Å²) in [6.07, 6.45) is 1.56. The standard InChI is InChI=1S/C31H21BrN2O2/c32-27-13-15-30(36-20-24-10-5-9-22-7-3-4-11-29(22)24)25(17-27)16-26(19-33)31(35)34-28-14-12-21-6-1-2-8-23(21)18-28/h1-18H,20H2,(H,34,35)/b26-16+. The van der Waals surface area contributed by atoms with Gasteiger partial charge >= 0.3 is 0 Å². The molecule has 0 fully saturated rings. The van der Waals surface area contributed by atoms with Gasteiger partial charge in [0, 0.05) is 15.7 Å². The molecule has 5 aromatic rings. The van der Waals surface area contributed by atoms with E-state index >= 15 is 0 Å². The Kier molecular flexibility index (Phi) is 6.79. The van der Waals surface area contributed by atoms with Crippen LogP contribution in [0.5, 0.6) is 5.75 Å². The molecular weight excluding hydrogens is 512 g/mol. The first-order valence-electron chi connectivity index (χ1n) is 11.4. The monoisotopic (exact) mass is 532 g/mol. The van der Waals surface area contributed by atoms with Crippen LogP contribution < -0.4 is 10.1 Å². The van der Waals surface area contributed by atoms with Crippen LogP contribution in [0.4, 0.5) is 5.69 Å². The van der Waals surface area contributed by atoms with E-state index < -0.39 is 5.91 Å². The third-order valence-electron chi connectivity index (χ3n) is 5.91. The minimum Gasteiger partial charge on any atom is -0.488 e. The molecule has 0 aromatic heterocycles. The predicted octanol–water partition coefficient (Wildman–Crippen LogP) is 7.88. The van der Waals surface area contributed by atoms with E-state index in [9.17, 15) is 10.1 Å². The SMILES string of the molecule is N#C/C(=C\c1cc(Br)ccc1OCc1cccc2ccccc12)C(=O)Nc1ccc2ccccc2c1. The Morgan fingerprint density at radius 3 is 2.44 bits per heavy atom. The Hall–Kier alpha value is -4.40. The molecule has 0 aliphatic carbocycles. The fourth-order valence-corrected chi connectivity index (χ4v) is 4.49. The first kappa shape index (κ1) is 23.3. The van der Waals surface area contributed by atoms with Gasteiger partial charge in [-0.2, -0.15) is 5.26 Å². The van der Waals surface area contributed by atoms with Gasteiger partial charge in [-0.25, -0.2) is 0 Å². The molecular formula is C31H21BrN2O2. The maximum atomic E-state index is 13.0. The first-order valence-corrected chi connectivity index (χ1v) is 12.2. The van der Waals surface area contributed by atoms with Crippen LogP contribution in [0.2, 0.25) is 0 Å². The largest absolute Gasteiger partial charge is 0.488 e. The van der Waals surface area contributed by atoms with Crippen LogP contribution in [0.15, 0.2) is 113 Å². The molecule has 0 spiro atoms. The molecule has 0 aliphatic rings. The molecule has 1 amide bonds. The highest BCUT2D eigenvalue weighted by atomic mass is 79.9. The van der Waals surface area contributed by atoms with Gasteiger partial charge in [0.2, 0.25) is 0 Å². The molecule has 5 rings (SSSR count). The van der Waals surface area contributed by atoms with E-state index in [-0.39, 0.29) is 5.57 Å². The number of fused-ring (bicyclic) bond motifs is 2. The summed E-state index contributed by atoms with van der Waals surface area (Å²) < 4.78 is 6.99. The number of ether oxygens (including phenoxy) is 1. The number of hydrogen-bond acceptors (Lipinski definition) is 3. The van der Waals surface area contributed by atoms with Gasteiger partial charge in [-0.1, -0.05) is 88.7 Å². The molecule has 5 aromatic carbocycles. The summed E-state index contributed by atoms with van der Waals surface area (Å²) >= 11 is 3.48. The Bertz CT molecular complexity index is 1660. The molecule has 1 N–H and O–H groups in total. The van der Waals surface area contributed by atoms with Gasteiger partial charge in [0.25, 0.3) is 5.91 Å². The van der Waals surface area contributed by atoms with Crippen molar-refractivity contribution in [2.24, 2.45) is 0 Å². The molecule has 0 heterocycles. The van der Waals surface area contributed by atoms with Crippen LogP contribution in [0.25, 0.3) is 27.6 Å². The van der Waals surface area contributed by atoms with Crippen molar-refractivity contribution < 1.29 is 9.53 Å². The van der Waals surface area contributed by atoms with Gasteiger partial charge in [-0.15, -0.1) is 0 Å². The Morgan fingerprint density at radius 2 is 1.61 bits per heavy atom. The summed E-state index contributed by atoms with van der Waals surface area (Å²) in [7, 11) is 0. The lowest BCUT2D eigenvalue weighted by Crippen LogP contribution is -2.13. The van der Waals surface area contributed by atoms with Gasteiger partial charge in [0.05, 0.1) is 0 Å². The van der Waals surface area contributed by atoms with Gasteiger partial charge in [-0.05, 0) is 63.5 Å². The summed E-state index contributed by atoms with van der Waals surface area (Å²) in [5, 5.41) is 17.0. The minimum atomic E-state index is -0.479. The van der Waals surface area contributed by atoms with Crippen molar-refractivity contribution in [2.45, 2.75) is 6.61 Å². The number of amides is 1. The number of anilines is 1. The lowest BCUT2D eigenvalue weighted by molar-refractivity contribution is -0.112. The van der Waals surface area contributed by atoms with E-state index in [1.165, 1.54) is 0 Å². The fourth-order valence-electron chi connectivity index (χ4n) is 4.11. The number of nitriles is 1. The van der Waals surface area contributed by atoms with Crippen LogP contribution in [-0.2, 0) is 11.4 Å². The third kappa shape index (κ3) is 5.14. The Balaban J connectivity index is 1.40. The third-order valence-corrected chi connectivity index (χ3v) is 6.40. The van der Waals surface area contributed by atoms with E-state index in [1.54, 1.807) is 6.08 Å². The zero-order valence-corrected chi connectivity index (χ0v) is 20.8. The average Bonchev–Trinajstić information content (AvgIpc) is 2.91. The number of carbonyl (C=O) groups is 1. The number of benzene rings is 5. The second-order valence-electron chi connectivity index (χ2n) is 8.29. The number of nitrogens with zero attached hydrogens (tertiary/aromatic N) is 1. The van der Waals surface area contributed by atoms with Crippen LogP contribution >= 0.6 is 15.9 Å². The number of rotatable bonds is 6. The summed E-state index contributed by atoms with van der Waals surface area (Å²) in [5.41, 5.74) is 2.30. The second kappa shape index (κ2) is 10.5. The van der Waals surface area contributed by atoms with Crippen molar-refractivity contribution in [2.75, 3.05) is 5.32 Å². The average molecular weight is 533 g/mol. The molecule has 5 heteroatoms. The summed E-state index contributed by atoms with van der Waals surface area (Å²) in [4.78, 5) is 13.0. The van der Waals surface area contributed by atoms with E-state index in [0.717, 1.165) is 31.6 Å². The molecule has 0 unspecified atom stereocenters. The van der Waals surface area contributed by atoms with E-state index in [2.05, 4.69) is 39.4 Å². The number of carbonyl (C=O) groups excluding carboxylic acids is 1. The van der Waals surface area contributed by atoms with Crippen molar-refractivity contribution in [1.29, 1.82) is 5.26 Å². The zero-order chi connectivity index (χ0) is 24.9. The Labute approximate surface area is 217 Å². The zero-order valence-electron chi connectivity index (χ0n) is 19.2. The number of hydrogen-bond donors (Lipinski definition) is 1. The fraction of sp³-hybridized carbons (Fsp3) is 0.0323. The Morgan fingerprint density at radius 1 is 0.861 bits per heavy atom. The normalized spacial score (nSPS) is 11.3. The quantitative estimate of drug-likeness (QED) is 0.178. The van der Waals surface area contributed by atoms with Crippen molar-refractivity contribution in [3.63, 3.8) is 0 Å². The highest BCUT2D eigenvalue weighted by Gasteiger charge is 2.13.